The van der Waals surface area contributed by atoms with Crippen molar-refractivity contribution in [3.8, 4) is 6.07 Å². The fourth-order valence-electron chi connectivity index (χ4n) is 4.43. The number of carbonyl (C=O) groups is 1. The molecule has 2 aromatic carbocycles. The van der Waals surface area contributed by atoms with Gasteiger partial charge in [0.25, 0.3) is 0 Å². The molecule has 0 unspecified atom stereocenters. The molecule has 1 aliphatic carbocycles. The number of hydrogen-bond acceptors (Lipinski definition) is 4. The zero-order valence-electron chi connectivity index (χ0n) is 16.8. The van der Waals surface area contributed by atoms with E-state index in [2.05, 4.69) is 4.72 Å². The number of nitrogens with zero attached hydrogens (tertiary/aromatic N) is 2. The van der Waals surface area contributed by atoms with E-state index < -0.39 is 10.0 Å². The molecule has 0 bridgehead atoms. The third kappa shape index (κ3) is 4.49. The Morgan fingerprint density at radius 2 is 1.77 bits per heavy atom. The average molecular weight is 424 g/mol. The Bertz CT molecular complexity index is 1080. The van der Waals surface area contributed by atoms with Gasteiger partial charge in [-0.25, -0.2) is 8.42 Å². The van der Waals surface area contributed by atoms with Crippen molar-refractivity contribution in [3.05, 3.63) is 59.2 Å². The number of aryl methyl sites for hydroxylation is 1. The maximum Gasteiger partial charge on any atom is 0.236 e. The molecular formula is C23H25N3O3S. The molecule has 2 aliphatic rings. The van der Waals surface area contributed by atoms with Crippen LogP contribution in [0.1, 0.15) is 55.2 Å². The van der Waals surface area contributed by atoms with E-state index in [9.17, 15) is 13.2 Å². The highest BCUT2D eigenvalue weighted by Gasteiger charge is 2.31. The summed E-state index contributed by atoms with van der Waals surface area (Å²) in [6, 6.07) is 14.3. The first kappa shape index (κ1) is 20.4. The van der Waals surface area contributed by atoms with Gasteiger partial charge in [0.15, 0.2) is 0 Å². The van der Waals surface area contributed by atoms with E-state index in [0.717, 1.165) is 36.9 Å². The normalized spacial score (nSPS) is 17.3. The van der Waals surface area contributed by atoms with E-state index in [1.54, 1.807) is 30.3 Å². The molecule has 2 aromatic rings. The first-order valence-electron chi connectivity index (χ1n) is 10.4. The fraction of sp³-hybridized carbons (Fsp3) is 0.391. The maximum absolute atomic E-state index is 12.6. The van der Waals surface area contributed by atoms with Crippen LogP contribution in [0.5, 0.6) is 0 Å². The quantitative estimate of drug-likeness (QED) is 0.783. The lowest BCUT2D eigenvalue weighted by Gasteiger charge is -2.38. The summed E-state index contributed by atoms with van der Waals surface area (Å²) in [6.07, 6.45) is 6.68. The molecule has 1 aliphatic heterocycles. The molecule has 1 N–H and O–H groups in total. The minimum atomic E-state index is -3.59. The topological polar surface area (TPSA) is 90.3 Å². The minimum absolute atomic E-state index is 0.164. The zero-order chi connectivity index (χ0) is 21.1. The lowest BCUT2D eigenvalue weighted by atomic mass is 9.90. The van der Waals surface area contributed by atoms with E-state index in [1.807, 2.05) is 23.1 Å². The van der Waals surface area contributed by atoms with E-state index in [-0.39, 0.29) is 17.7 Å². The lowest BCUT2D eigenvalue weighted by molar-refractivity contribution is -0.119. The van der Waals surface area contributed by atoms with Crippen LogP contribution in [-0.4, -0.2) is 20.4 Å². The Kier molecular flexibility index (Phi) is 5.78. The van der Waals surface area contributed by atoms with Gasteiger partial charge in [0.05, 0.1) is 17.4 Å². The van der Waals surface area contributed by atoms with Gasteiger partial charge < -0.3 is 4.90 Å². The molecule has 1 fully saturated rings. The van der Waals surface area contributed by atoms with Crippen LogP contribution in [0.4, 0.5) is 11.4 Å². The summed E-state index contributed by atoms with van der Waals surface area (Å²) in [7, 11) is -3.59. The Labute approximate surface area is 177 Å². The number of amides is 1. The van der Waals surface area contributed by atoms with Gasteiger partial charge in [-0.2, -0.15) is 5.26 Å². The molecule has 6 nitrogen and oxygen atoms in total. The number of nitrogens with one attached hydrogen (secondary N) is 1. The van der Waals surface area contributed by atoms with Gasteiger partial charge in [-0.15, -0.1) is 0 Å². The molecule has 7 heteroatoms. The number of benzene rings is 2. The molecule has 0 radical (unpaired) electrons. The van der Waals surface area contributed by atoms with Crippen LogP contribution in [0.25, 0.3) is 0 Å². The SMILES string of the molecule is N#Cc1ccc(CS(=O)(=O)Nc2ccc3c(c2)CCC(=O)N3C2CCCCC2)cc1. The van der Waals surface area contributed by atoms with Crippen molar-refractivity contribution in [2.24, 2.45) is 0 Å². The largest absolute Gasteiger partial charge is 0.309 e. The predicted molar refractivity (Wildman–Crippen MR) is 117 cm³/mol. The zero-order valence-corrected chi connectivity index (χ0v) is 17.6. The smallest absolute Gasteiger partial charge is 0.236 e. The van der Waals surface area contributed by atoms with E-state index in [4.69, 9.17) is 5.26 Å². The second-order valence-corrected chi connectivity index (χ2v) is 9.79. The van der Waals surface area contributed by atoms with Gasteiger partial charge in [0.1, 0.15) is 0 Å². The van der Waals surface area contributed by atoms with E-state index in [0.29, 0.717) is 29.7 Å². The Morgan fingerprint density at radius 1 is 1.03 bits per heavy atom. The molecular weight excluding hydrogens is 398 g/mol. The van der Waals surface area contributed by atoms with Crippen LogP contribution in [-0.2, 0) is 27.0 Å². The minimum Gasteiger partial charge on any atom is -0.309 e. The van der Waals surface area contributed by atoms with Crippen molar-refractivity contribution in [1.29, 1.82) is 5.26 Å². The molecule has 0 aromatic heterocycles. The van der Waals surface area contributed by atoms with Gasteiger partial charge in [-0.3, -0.25) is 9.52 Å². The van der Waals surface area contributed by atoms with Crippen LogP contribution in [0.2, 0.25) is 0 Å². The summed E-state index contributed by atoms with van der Waals surface area (Å²) in [5.41, 5.74) is 3.57. The molecule has 4 rings (SSSR count). The molecule has 0 saturated heterocycles. The summed E-state index contributed by atoms with van der Waals surface area (Å²) < 4.78 is 27.9. The summed E-state index contributed by atoms with van der Waals surface area (Å²) >= 11 is 0. The van der Waals surface area contributed by atoms with Gasteiger partial charge in [0, 0.05) is 23.8 Å². The van der Waals surface area contributed by atoms with E-state index in [1.165, 1.54) is 6.42 Å². The number of anilines is 2. The number of hydrogen-bond donors (Lipinski definition) is 1. The molecule has 156 valence electrons. The van der Waals surface area contributed by atoms with Crippen molar-refractivity contribution >= 4 is 27.3 Å². The number of nitriles is 1. The van der Waals surface area contributed by atoms with Crippen LogP contribution in [0, 0.1) is 11.3 Å². The second-order valence-electron chi connectivity index (χ2n) is 8.07. The third-order valence-corrected chi connectivity index (χ3v) is 7.13. The number of sulfonamides is 1. The van der Waals surface area contributed by atoms with E-state index >= 15 is 0 Å². The Hall–Kier alpha value is -2.85. The highest BCUT2D eigenvalue weighted by Crippen LogP contribution is 2.35. The fourth-order valence-corrected chi connectivity index (χ4v) is 5.62. The highest BCUT2D eigenvalue weighted by atomic mass is 32.2. The number of carbonyl (C=O) groups excluding carboxylic acids is 1. The van der Waals surface area contributed by atoms with Crippen molar-refractivity contribution in [2.75, 3.05) is 9.62 Å². The average Bonchev–Trinajstić information content (AvgIpc) is 2.74. The maximum atomic E-state index is 12.6. The summed E-state index contributed by atoms with van der Waals surface area (Å²) in [6.45, 7) is 0. The van der Waals surface area contributed by atoms with Gasteiger partial charge in [-0.05, 0) is 60.7 Å². The molecule has 30 heavy (non-hydrogen) atoms. The molecule has 1 saturated carbocycles. The van der Waals surface area contributed by atoms with Crippen molar-refractivity contribution in [1.82, 2.24) is 0 Å². The molecule has 1 amide bonds. The highest BCUT2D eigenvalue weighted by molar-refractivity contribution is 7.91. The van der Waals surface area contributed by atoms with Gasteiger partial charge in [0.2, 0.25) is 15.9 Å². The van der Waals surface area contributed by atoms with Gasteiger partial charge >= 0.3 is 0 Å². The Balaban J connectivity index is 1.52. The van der Waals surface area contributed by atoms with Crippen molar-refractivity contribution < 1.29 is 13.2 Å². The number of fused-ring (bicyclic) bond motifs is 1. The summed E-state index contributed by atoms with van der Waals surface area (Å²) in [5, 5.41) is 8.87. The third-order valence-electron chi connectivity index (χ3n) is 5.87. The van der Waals surface area contributed by atoms with Crippen molar-refractivity contribution in [3.63, 3.8) is 0 Å². The predicted octanol–water partition coefficient (Wildman–Crippen LogP) is 4.11. The number of rotatable bonds is 5. The van der Waals surface area contributed by atoms with Gasteiger partial charge in [-0.1, -0.05) is 31.4 Å². The molecule has 0 spiro atoms. The monoisotopic (exact) mass is 423 g/mol. The molecule has 0 atom stereocenters. The first-order chi connectivity index (χ1) is 14.4. The molecule has 1 heterocycles. The Morgan fingerprint density at radius 3 is 2.47 bits per heavy atom. The summed E-state index contributed by atoms with van der Waals surface area (Å²) in [5.74, 6) is 0.00574. The van der Waals surface area contributed by atoms with Crippen LogP contribution in [0.3, 0.4) is 0 Å². The first-order valence-corrected chi connectivity index (χ1v) is 12.0. The van der Waals surface area contributed by atoms with Crippen LogP contribution in [0.15, 0.2) is 42.5 Å². The van der Waals surface area contributed by atoms with Crippen LogP contribution < -0.4 is 9.62 Å². The summed E-state index contributed by atoms with van der Waals surface area (Å²) in [4.78, 5) is 14.6. The standard InChI is InChI=1S/C23H25N3O3S/c24-15-17-6-8-18(9-7-17)16-30(28,29)25-20-11-12-22-19(14-20)10-13-23(27)26(22)21-4-2-1-3-5-21/h6-9,11-12,14,21,25H,1-5,10,13,16H2. The second kappa shape index (κ2) is 8.49. The van der Waals surface area contributed by atoms with Crippen molar-refractivity contribution in [2.45, 2.75) is 56.7 Å². The van der Waals surface area contributed by atoms with Crippen LogP contribution >= 0.6 is 0 Å². The lowest BCUT2D eigenvalue weighted by Crippen LogP contribution is -2.44.